The summed E-state index contributed by atoms with van der Waals surface area (Å²) in [7, 11) is 1.71. The molecule has 1 aliphatic carbocycles. The molecule has 108 valence electrons. The second-order valence-electron chi connectivity index (χ2n) is 5.53. The van der Waals surface area contributed by atoms with Gasteiger partial charge in [-0.2, -0.15) is 0 Å². The van der Waals surface area contributed by atoms with E-state index in [4.69, 9.17) is 10.5 Å². The molecule has 5 heteroatoms. The van der Waals surface area contributed by atoms with Crippen molar-refractivity contribution >= 4 is 11.6 Å². The fraction of sp³-hybridized carbons (Fsp3) is 0.533. The summed E-state index contributed by atoms with van der Waals surface area (Å²) in [6.45, 7) is 0.575. The molecule has 0 radical (unpaired) electrons. The normalized spacial score (nSPS) is 29.8. The van der Waals surface area contributed by atoms with Gasteiger partial charge in [0.15, 0.2) is 5.96 Å². The molecule has 2 N–H and O–H groups in total. The number of benzene rings is 1. The molecule has 2 aliphatic rings. The number of anilines is 1. The summed E-state index contributed by atoms with van der Waals surface area (Å²) in [5.41, 5.74) is 6.22. The van der Waals surface area contributed by atoms with Crippen molar-refractivity contribution < 1.29 is 9.13 Å². The Hall–Kier alpha value is -1.62. The van der Waals surface area contributed by atoms with Gasteiger partial charge in [0.05, 0.1) is 23.9 Å². The van der Waals surface area contributed by atoms with Gasteiger partial charge in [0, 0.05) is 7.11 Å². The predicted molar refractivity (Wildman–Crippen MR) is 77.4 cm³/mol. The Morgan fingerprint density at radius 2 is 2.20 bits per heavy atom. The fourth-order valence-corrected chi connectivity index (χ4v) is 3.55. The van der Waals surface area contributed by atoms with Crippen LogP contribution >= 0.6 is 0 Å². The number of nitrogens with zero attached hydrogens (tertiary/aromatic N) is 2. The molecule has 3 rings (SSSR count). The lowest BCUT2D eigenvalue weighted by molar-refractivity contribution is 0.0142. The molecule has 1 saturated carbocycles. The predicted octanol–water partition coefficient (Wildman–Crippen LogP) is 2.29. The van der Waals surface area contributed by atoms with E-state index in [1.807, 2.05) is 11.0 Å². The van der Waals surface area contributed by atoms with Crippen LogP contribution in [0.15, 0.2) is 29.3 Å². The second kappa shape index (κ2) is 5.05. The molecule has 0 amide bonds. The Labute approximate surface area is 118 Å². The number of guanidine groups is 1. The Bertz CT molecular complexity index is 534. The Kier molecular flexibility index (Phi) is 3.38. The minimum Gasteiger partial charge on any atom is -0.379 e. The molecular weight excluding hydrogens is 257 g/mol. The van der Waals surface area contributed by atoms with Crippen molar-refractivity contribution in [3.63, 3.8) is 0 Å². The van der Waals surface area contributed by atoms with Gasteiger partial charge < -0.3 is 10.5 Å². The zero-order chi connectivity index (χ0) is 14.2. The molecule has 1 aromatic rings. The quantitative estimate of drug-likeness (QED) is 0.902. The molecule has 1 aliphatic heterocycles. The number of methoxy groups -OCH3 is 1. The Balaban J connectivity index is 2.06. The SMILES string of the molecule is COC1CCCCC12CN=C(N)N2c1ccccc1F. The number of aliphatic imine (C=N–C) groups is 1. The lowest BCUT2D eigenvalue weighted by Gasteiger charge is -2.46. The third-order valence-electron chi connectivity index (χ3n) is 4.49. The Morgan fingerprint density at radius 3 is 2.95 bits per heavy atom. The summed E-state index contributed by atoms with van der Waals surface area (Å²) in [6, 6.07) is 6.72. The summed E-state index contributed by atoms with van der Waals surface area (Å²) in [4.78, 5) is 6.24. The van der Waals surface area contributed by atoms with E-state index < -0.39 is 0 Å². The number of hydrogen-bond donors (Lipinski definition) is 1. The molecule has 0 saturated heterocycles. The minimum absolute atomic E-state index is 0.0284. The zero-order valence-corrected chi connectivity index (χ0v) is 11.7. The second-order valence-corrected chi connectivity index (χ2v) is 5.53. The van der Waals surface area contributed by atoms with Gasteiger partial charge in [-0.15, -0.1) is 0 Å². The highest BCUT2D eigenvalue weighted by Crippen LogP contribution is 2.41. The van der Waals surface area contributed by atoms with Gasteiger partial charge in [0.1, 0.15) is 5.82 Å². The first-order valence-electron chi connectivity index (χ1n) is 7.06. The topological polar surface area (TPSA) is 50.9 Å². The third-order valence-corrected chi connectivity index (χ3v) is 4.49. The molecule has 1 fully saturated rings. The van der Waals surface area contributed by atoms with Crippen molar-refractivity contribution in [2.45, 2.75) is 37.3 Å². The monoisotopic (exact) mass is 277 g/mol. The molecule has 2 unspecified atom stereocenters. The fourth-order valence-electron chi connectivity index (χ4n) is 3.55. The first-order chi connectivity index (χ1) is 9.69. The van der Waals surface area contributed by atoms with Gasteiger partial charge in [-0.05, 0) is 25.0 Å². The van der Waals surface area contributed by atoms with Crippen LogP contribution in [0.4, 0.5) is 10.1 Å². The van der Waals surface area contributed by atoms with Crippen LogP contribution < -0.4 is 10.6 Å². The summed E-state index contributed by atoms with van der Waals surface area (Å²) < 4.78 is 19.9. The summed E-state index contributed by atoms with van der Waals surface area (Å²) >= 11 is 0. The molecule has 1 spiro atoms. The van der Waals surface area contributed by atoms with Crippen LogP contribution in [0.1, 0.15) is 25.7 Å². The molecule has 1 heterocycles. The Morgan fingerprint density at radius 1 is 1.40 bits per heavy atom. The minimum atomic E-state index is -0.334. The average Bonchev–Trinajstić information content (AvgIpc) is 2.78. The van der Waals surface area contributed by atoms with Crippen LogP contribution in [0, 0.1) is 5.82 Å². The molecular formula is C15H20FN3O. The van der Waals surface area contributed by atoms with E-state index in [9.17, 15) is 4.39 Å². The van der Waals surface area contributed by atoms with E-state index in [1.54, 1.807) is 19.2 Å². The van der Waals surface area contributed by atoms with Crippen molar-refractivity contribution in [1.29, 1.82) is 0 Å². The molecule has 2 atom stereocenters. The van der Waals surface area contributed by atoms with E-state index in [1.165, 1.54) is 6.07 Å². The van der Waals surface area contributed by atoms with Crippen molar-refractivity contribution in [1.82, 2.24) is 0 Å². The lowest BCUT2D eigenvalue weighted by atomic mass is 9.78. The van der Waals surface area contributed by atoms with Crippen LogP contribution in [-0.2, 0) is 4.74 Å². The van der Waals surface area contributed by atoms with E-state index in [-0.39, 0.29) is 17.5 Å². The van der Waals surface area contributed by atoms with Crippen LogP contribution in [0.5, 0.6) is 0 Å². The molecule has 20 heavy (non-hydrogen) atoms. The van der Waals surface area contributed by atoms with Gasteiger partial charge in [-0.3, -0.25) is 9.89 Å². The van der Waals surface area contributed by atoms with E-state index in [0.717, 1.165) is 25.7 Å². The summed E-state index contributed by atoms with van der Waals surface area (Å²) in [5.74, 6) is 0.117. The van der Waals surface area contributed by atoms with Gasteiger partial charge in [0.25, 0.3) is 0 Å². The van der Waals surface area contributed by atoms with Crippen molar-refractivity contribution in [3.05, 3.63) is 30.1 Å². The molecule has 0 bridgehead atoms. The van der Waals surface area contributed by atoms with Crippen molar-refractivity contribution in [3.8, 4) is 0 Å². The maximum Gasteiger partial charge on any atom is 0.196 e. The first kappa shape index (κ1) is 13.4. The maximum atomic E-state index is 14.2. The van der Waals surface area contributed by atoms with Crippen LogP contribution in [0.3, 0.4) is 0 Å². The van der Waals surface area contributed by atoms with Crippen molar-refractivity contribution in [2.75, 3.05) is 18.6 Å². The number of rotatable bonds is 2. The third kappa shape index (κ3) is 1.88. The maximum absolute atomic E-state index is 14.2. The van der Waals surface area contributed by atoms with Crippen LogP contribution in [0.25, 0.3) is 0 Å². The standard InChI is InChI=1S/C15H20FN3O/c1-20-13-8-4-5-9-15(13)10-18-14(17)19(15)12-7-3-2-6-11(12)16/h2-3,6-7,13H,4-5,8-10H2,1H3,(H2,17,18). The largest absolute Gasteiger partial charge is 0.379 e. The number of para-hydroxylation sites is 1. The number of ether oxygens (including phenoxy) is 1. The molecule has 0 aromatic heterocycles. The van der Waals surface area contributed by atoms with E-state index in [2.05, 4.69) is 4.99 Å². The van der Waals surface area contributed by atoms with Gasteiger partial charge in [-0.1, -0.05) is 25.0 Å². The van der Waals surface area contributed by atoms with Crippen LogP contribution in [0.2, 0.25) is 0 Å². The highest BCUT2D eigenvalue weighted by atomic mass is 19.1. The highest BCUT2D eigenvalue weighted by Gasteiger charge is 2.51. The highest BCUT2D eigenvalue weighted by molar-refractivity contribution is 5.98. The smallest absolute Gasteiger partial charge is 0.196 e. The van der Waals surface area contributed by atoms with Gasteiger partial charge in [-0.25, -0.2) is 4.39 Å². The first-order valence-corrected chi connectivity index (χ1v) is 7.06. The molecule has 4 nitrogen and oxygen atoms in total. The van der Waals surface area contributed by atoms with Crippen molar-refractivity contribution in [2.24, 2.45) is 10.7 Å². The number of hydrogen-bond acceptors (Lipinski definition) is 4. The molecule has 1 aromatic carbocycles. The van der Waals surface area contributed by atoms with E-state index >= 15 is 0 Å². The number of nitrogens with two attached hydrogens (primary N) is 1. The summed E-state index contributed by atoms with van der Waals surface area (Å²) in [5, 5.41) is 0. The zero-order valence-electron chi connectivity index (χ0n) is 11.7. The lowest BCUT2D eigenvalue weighted by Crippen LogP contribution is -2.61. The average molecular weight is 277 g/mol. The van der Waals surface area contributed by atoms with Gasteiger partial charge >= 0.3 is 0 Å². The number of halogens is 1. The van der Waals surface area contributed by atoms with Gasteiger partial charge in [0.2, 0.25) is 0 Å². The summed E-state index contributed by atoms with van der Waals surface area (Å²) in [6.07, 6.45) is 4.13. The van der Waals surface area contributed by atoms with Crippen LogP contribution in [-0.4, -0.2) is 31.3 Å². The van der Waals surface area contributed by atoms with E-state index in [0.29, 0.717) is 18.2 Å².